The van der Waals surface area contributed by atoms with Crippen LogP contribution in [0.1, 0.15) is 16.1 Å². The molecule has 0 N–H and O–H groups in total. The number of ether oxygens (including phenoxy) is 2. The molecule has 0 saturated carbocycles. The number of benzene rings is 1. The van der Waals surface area contributed by atoms with Gasteiger partial charge in [0.05, 0.1) is 14.2 Å². The smallest absolute Gasteiger partial charge is 0.243 e. The van der Waals surface area contributed by atoms with E-state index in [0.717, 1.165) is 0 Å². The number of rotatable bonds is 4. The van der Waals surface area contributed by atoms with Crippen LogP contribution in [-0.4, -0.2) is 30.0 Å². The van der Waals surface area contributed by atoms with Crippen LogP contribution in [-0.2, 0) is 0 Å². The molecule has 2 aromatic rings. The van der Waals surface area contributed by atoms with Gasteiger partial charge in [-0.15, -0.1) is 0 Å². The molecule has 92 valence electrons. The first kappa shape index (κ1) is 12.0. The van der Waals surface area contributed by atoms with Gasteiger partial charge >= 0.3 is 0 Å². The van der Waals surface area contributed by atoms with E-state index in [9.17, 15) is 4.79 Å². The van der Waals surface area contributed by atoms with Crippen LogP contribution in [0, 0.1) is 0 Å². The Balaban J connectivity index is 2.35. The highest BCUT2D eigenvalue weighted by molar-refractivity contribution is 6.09. The minimum atomic E-state index is -0.234. The Labute approximate surface area is 104 Å². The maximum Gasteiger partial charge on any atom is 0.243 e. The highest BCUT2D eigenvalue weighted by Gasteiger charge is 2.16. The van der Waals surface area contributed by atoms with Crippen LogP contribution < -0.4 is 9.47 Å². The first-order chi connectivity index (χ1) is 8.76. The van der Waals surface area contributed by atoms with E-state index in [1.807, 2.05) is 0 Å². The van der Waals surface area contributed by atoms with Crippen LogP contribution >= 0.6 is 0 Å². The summed E-state index contributed by atoms with van der Waals surface area (Å²) in [5, 5.41) is 0. The second-order valence-electron chi connectivity index (χ2n) is 3.47. The molecular weight excluding hydrogens is 232 g/mol. The summed E-state index contributed by atoms with van der Waals surface area (Å²) in [5.41, 5.74) is 0.708. The first-order valence-electron chi connectivity index (χ1n) is 5.30. The lowest BCUT2D eigenvalue weighted by Crippen LogP contribution is -2.07. The van der Waals surface area contributed by atoms with E-state index in [1.165, 1.54) is 19.5 Å². The molecule has 0 radical (unpaired) electrons. The Bertz CT molecular complexity index is 552. The van der Waals surface area contributed by atoms with Crippen molar-refractivity contribution in [3.63, 3.8) is 0 Å². The summed E-state index contributed by atoms with van der Waals surface area (Å²) in [7, 11) is 3.03. The van der Waals surface area contributed by atoms with E-state index in [0.29, 0.717) is 11.3 Å². The van der Waals surface area contributed by atoms with Crippen LogP contribution in [0.3, 0.4) is 0 Å². The second kappa shape index (κ2) is 5.27. The van der Waals surface area contributed by atoms with Crippen LogP contribution in [0.4, 0.5) is 0 Å². The third kappa shape index (κ3) is 2.29. The SMILES string of the molecule is COc1ccc(C(=O)c2nccnc2OC)cc1. The number of aromatic nitrogens is 2. The van der Waals surface area contributed by atoms with E-state index >= 15 is 0 Å². The van der Waals surface area contributed by atoms with Gasteiger partial charge in [0, 0.05) is 18.0 Å². The largest absolute Gasteiger partial charge is 0.497 e. The minimum absolute atomic E-state index is 0.199. The van der Waals surface area contributed by atoms with Gasteiger partial charge in [-0.1, -0.05) is 0 Å². The topological polar surface area (TPSA) is 61.3 Å². The average Bonchev–Trinajstić information content (AvgIpc) is 2.46. The van der Waals surface area contributed by atoms with E-state index < -0.39 is 0 Å². The fourth-order valence-electron chi connectivity index (χ4n) is 1.51. The highest BCUT2D eigenvalue weighted by Crippen LogP contribution is 2.18. The highest BCUT2D eigenvalue weighted by atomic mass is 16.5. The monoisotopic (exact) mass is 244 g/mol. The van der Waals surface area contributed by atoms with E-state index in [-0.39, 0.29) is 17.4 Å². The van der Waals surface area contributed by atoms with E-state index in [1.54, 1.807) is 31.4 Å². The molecule has 0 spiro atoms. The zero-order valence-corrected chi connectivity index (χ0v) is 10.1. The normalized spacial score (nSPS) is 9.89. The maximum absolute atomic E-state index is 12.2. The fraction of sp³-hybridized carbons (Fsp3) is 0.154. The molecule has 1 aromatic heterocycles. The van der Waals surface area contributed by atoms with Gasteiger partial charge in [0.1, 0.15) is 5.75 Å². The van der Waals surface area contributed by atoms with Crippen molar-refractivity contribution < 1.29 is 14.3 Å². The molecular formula is C13H12N2O3. The van der Waals surface area contributed by atoms with Crippen molar-refractivity contribution in [1.29, 1.82) is 0 Å². The average molecular weight is 244 g/mol. The van der Waals surface area contributed by atoms with E-state index in [4.69, 9.17) is 9.47 Å². The van der Waals surface area contributed by atoms with Gasteiger partial charge in [-0.25, -0.2) is 9.97 Å². The zero-order valence-electron chi connectivity index (χ0n) is 10.1. The van der Waals surface area contributed by atoms with Gasteiger partial charge in [0.15, 0.2) is 5.69 Å². The first-order valence-corrected chi connectivity index (χ1v) is 5.30. The van der Waals surface area contributed by atoms with Gasteiger partial charge in [-0.2, -0.15) is 0 Å². The molecule has 0 saturated heterocycles. The molecule has 5 nitrogen and oxygen atoms in total. The summed E-state index contributed by atoms with van der Waals surface area (Å²) < 4.78 is 10.0. The summed E-state index contributed by atoms with van der Waals surface area (Å²) in [6, 6.07) is 6.79. The second-order valence-corrected chi connectivity index (χ2v) is 3.47. The number of carbonyl (C=O) groups excluding carboxylic acids is 1. The Hall–Kier alpha value is -2.43. The Kier molecular flexibility index (Phi) is 3.52. The van der Waals surface area contributed by atoms with Crippen LogP contribution in [0.5, 0.6) is 11.6 Å². The van der Waals surface area contributed by atoms with Crippen LogP contribution in [0.15, 0.2) is 36.7 Å². The molecule has 0 aliphatic rings. The van der Waals surface area contributed by atoms with Crippen molar-refractivity contribution in [3.8, 4) is 11.6 Å². The Morgan fingerprint density at radius 2 is 1.67 bits per heavy atom. The van der Waals surface area contributed by atoms with Gasteiger partial charge < -0.3 is 9.47 Å². The molecule has 0 bridgehead atoms. The summed E-state index contributed by atoms with van der Waals surface area (Å²) in [4.78, 5) is 20.1. The lowest BCUT2D eigenvalue weighted by atomic mass is 10.1. The molecule has 1 heterocycles. The Morgan fingerprint density at radius 3 is 2.28 bits per heavy atom. The fourth-order valence-corrected chi connectivity index (χ4v) is 1.51. The Morgan fingerprint density at radius 1 is 1.00 bits per heavy atom. The molecule has 2 rings (SSSR count). The van der Waals surface area contributed by atoms with Gasteiger partial charge in [-0.3, -0.25) is 4.79 Å². The zero-order chi connectivity index (χ0) is 13.0. The molecule has 1 aromatic carbocycles. The lowest BCUT2D eigenvalue weighted by Gasteiger charge is -2.05. The van der Waals surface area contributed by atoms with Crippen molar-refractivity contribution in [2.75, 3.05) is 14.2 Å². The number of methoxy groups -OCH3 is 2. The summed E-state index contributed by atoms with van der Waals surface area (Å²) in [6.45, 7) is 0. The predicted octanol–water partition coefficient (Wildman–Crippen LogP) is 1.72. The van der Waals surface area contributed by atoms with Crippen LogP contribution in [0.2, 0.25) is 0 Å². The molecule has 18 heavy (non-hydrogen) atoms. The van der Waals surface area contributed by atoms with Crippen molar-refractivity contribution in [1.82, 2.24) is 9.97 Å². The summed E-state index contributed by atoms with van der Waals surface area (Å²) in [5.74, 6) is 0.679. The molecule has 0 aliphatic carbocycles. The number of carbonyl (C=O) groups is 1. The van der Waals surface area contributed by atoms with Crippen molar-refractivity contribution in [2.45, 2.75) is 0 Å². The van der Waals surface area contributed by atoms with E-state index in [2.05, 4.69) is 9.97 Å². The minimum Gasteiger partial charge on any atom is -0.497 e. The molecule has 0 amide bonds. The number of hydrogen-bond acceptors (Lipinski definition) is 5. The molecule has 5 heteroatoms. The van der Waals surface area contributed by atoms with Crippen molar-refractivity contribution >= 4 is 5.78 Å². The van der Waals surface area contributed by atoms with Crippen molar-refractivity contribution in [3.05, 3.63) is 47.9 Å². The third-order valence-electron chi connectivity index (χ3n) is 2.43. The third-order valence-corrected chi connectivity index (χ3v) is 2.43. The van der Waals surface area contributed by atoms with Crippen molar-refractivity contribution in [2.24, 2.45) is 0 Å². The van der Waals surface area contributed by atoms with Crippen LogP contribution in [0.25, 0.3) is 0 Å². The molecule has 0 atom stereocenters. The maximum atomic E-state index is 12.2. The lowest BCUT2D eigenvalue weighted by molar-refractivity contribution is 0.103. The standard InChI is InChI=1S/C13H12N2O3/c1-17-10-5-3-9(4-6-10)12(16)11-13(18-2)15-8-7-14-11/h3-8H,1-2H3. The van der Waals surface area contributed by atoms with Gasteiger partial charge in [0.25, 0.3) is 0 Å². The summed E-state index contributed by atoms with van der Waals surface area (Å²) >= 11 is 0. The molecule has 0 aliphatic heterocycles. The molecule has 0 unspecified atom stereocenters. The predicted molar refractivity (Wildman–Crippen MR) is 65.0 cm³/mol. The number of ketones is 1. The summed E-state index contributed by atoms with van der Waals surface area (Å²) in [6.07, 6.45) is 2.93. The van der Waals surface area contributed by atoms with Gasteiger partial charge in [0.2, 0.25) is 11.7 Å². The quantitative estimate of drug-likeness (QED) is 0.766. The number of hydrogen-bond donors (Lipinski definition) is 0. The number of nitrogens with zero attached hydrogens (tertiary/aromatic N) is 2. The van der Waals surface area contributed by atoms with Gasteiger partial charge in [-0.05, 0) is 24.3 Å². The molecule has 0 fully saturated rings.